The zero-order valence-corrected chi connectivity index (χ0v) is 20.0. The molecule has 9 heteroatoms. The van der Waals surface area contributed by atoms with Gasteiger partial charge < -0.3 is 14.5 Å². The third-order valence-electron chi connectivity index (χ3n) is 6.22. The number of aromatic amines is 1. The standard InChI is InChI=1S/C26H23FN2O5S/c1-16-3-5-19-12-20(26(30)28-25(19)17(16)2)14-29(35(31,32)22-8-6-21(27)7-9-22)13-18-4-10-23-24(11-18)34-15-33-23/h3-12H,13-15H2,1-2H3,(H,28,30). The minimum Gasteiger partial charge on any atom is -0.454 e. The highest BCUT2D eigenvalue weighted by atomic mass is 32.2. The normalized spacial score (nSPS) is 13.0. The van der Waals surface area contributed by atoms with Crippen molar-refractivity contribution in [2.45, 2.75) is 31.8 Å². The van der Waals surface area contributed by atoms with Gasteiger partial charge in [-0.3, -0.25) is 4.79 Å². The molecule has 2 heterocycles. The molecule has 1 aliphatic rings. The Morgan fingerprint density at radius 2 is 1.69 bits per heavy atom. The average molecular weight is 495 g/mol. The molecule has 1 N–H and O–H groups in total. The van der Waals surface area contributed by atoms with E-state index < -0.39 is 15.8 Å². The molecule has 0 radical (unpaired) electrons. The minimum absolute atomic E-state index is 0.0270. The van der Waals surface area contributed by atoms with Crippen LogP contribution in [-0.2, 0) is 23.1 Å². The van der Waals surface area contributed by atoms with E-state index in [1.807, 2.05) is 26.0 Å². The van der Waals surface area contributed by atoms with Crippen molar-refractivity contribution in [3.63, 3.8) is 0 Å². The molecule has 5 rings (SSSR count). The number of pyridine rings is 1. The van der Waals surface area contributed by atoms with Crippen LogP contribution in [0.15, 0.2) is 70.4 Å². The number of nitrogens with zero attached hydrogens (tertiary/aromatic N) is 1. The summed E-state index contributed by atoms with van der Waals surface area (Å²) in [7, 11) is -4.07. The lowest BCUT2D eigenvalue weighted by molar-refractivity contribution is 0.174. The van der Waals surface area contributed by atoms with Gasteiger partial charge in [0.1, 0.15) is 5.82 Å². The molecule has 7 nitrogen and oxygen atoms in total. The Labute approximate surface area is 201 Å². The summed E-state index contributed by atoms with van der Waals surface area (Å²) in [5, 5.41) is 0.810. The summed E-state index contributed by atoms with van der Waals surface area (Å²) in [6.45, 7) is 3.79. The number of aromatic nitrogens is 1. The van der Waals surface area contributed by atoms with Crippen LogP contribution in [-0.4, -0.2) is 24.5 Å². The van der Waals surface area contributed by atoms with Gasteiger partial charge in [-0.1, -0.05) is 18.2 Å². The fourth-order valence-electron chi connectivity index (χ4n) is 4.10. The van der Waals surface area contributed by atoms with Crippen LogP contribution in [0, 0.1) is 19.7 Å². The van der Waals surface area contributed by atoms with Crippen molar-refractivity contribution in [3.8, 4) is 11.5 Å². The molecule has 0 saturated carbocycles. The van der Waals surface area contributed by atoms with Crippen molar-refractivity contribution < 1.29 is 22.3 Å². The summed E-state index contributed by atoms with van der Waals surface area (Å²) >= 11 is 0. The van der Waals surface area contributed by atoms with E-state index in [0.29, 0.717) is 22.6 Å². The van der Waals surface area contributed by atoms with Crippen molar-refractivity contribution in [1.29, 1.82) is 0 Å². The maximum Gasteiger partial charge on any atom is 0.252 e. The number of hydrogen-bond donors (Lipinski definition) is 1. The number of nitrogens with one attached hydrogen (secondary N) is 1. The maximum atomic E-state index is 13.6. The molecule has 1 aliphatic heterocycles. The fourth-order valence-corrected chi connectivity index (χ4v) is 5.51. The summed E-state index contributed by atoms with van der Waals surface area (Å²) in [6.07, 6.45) is 0. The van der Waals surface area contributed by atoms with Gasteiger partial charge in [0.15, 0.2) is 11.5 Å². The first-order valence-corrected chi connectivity index (χ1v) is 12.4. The van der Waals surface area contributed by atoms with E-state index in [4.69, 9.17) is 9.47 Å². The number of fused-ring (bicyclic) bond motifs is 2. The van der Waals surface area contributed by atoms with Crippen LogP contribution < -0.4 is 15.0 Å². The number of halogens is 1. The second-order valence-electron chi connectivity index (χ2n) is 8.51. The molecule has 0 spiro atoms. The molecule has 0 fully saturated rings. The molecule has 1 aromatic heterocycles. The summed E-state index contributed by atoms with van der Waals surface area (Å²) in [4.78, 5) is 15.8. The van der Waals surface area contributed by atoms with E-state index in [1.165, 1.54) is 16.4 Å². The van der Waals surface area contributed by atoms with Crippen LogP contribution in [0.3, 0.4) is 0 Å². The maximum absolute atomic E-state index is 13.6. The summed E-state index contributed by atoms with van der Waals surface area (Å²) in [6, 6.07) is 15.4. The van der Waals surface area contributed by atoms with E-state index in [-0.39, 0.29) is 30.3 Å². The van der Waals surface area contributed by atoms with Gasteiger partial charge in [0.2, 0.25) is 16.8 Å². The molecule has 0 unspecified atom stereocenters. The van der Waals surface area contributed by atoms with Gasteiger partial charge in [0.05, 0.1) is 10.4 Å². The Balaban J connectivity index is 1.57. The zero-order chi connectivity index (χ0) is 24.7. The number of aryl methyl sites for hydroxylation is 2. The van der Waals surface area contributed by atoms with Gasteiger partial charge >= 0.3 is 0 Å². The molecular weight excluding hydrogens is 471 g/mol. The predicted octanol–water partition coefficient (Wildman–Crippen LogP) is 4.40. The van der Waals surface area contributed by atoms with Gasteiger partial charge in [-0.25, -0.2) is 12.8 Å². The van der Waals surface area contributed by atoms with Crippen molar-refractivity contribution in [3.05, 3.63) is 99.1 Å². The quantitative estimate of drug-likeness (QED) is 0.429. The Bertz CT molecular complexity index is 1600. The Kier molecular flexibility index (Phi) is 5.82. The SMILES string of the molecule is Cc1ccc2cc(CN(Cc3ccc4c(c3)OCO4)S(=O)(=O)c3ccc(F)cc3)c(=O)[nH]c2c1C. The summed E-state index contributed by atoms with van der Waals surface area (Å²) in [5.41, 5.74) is 3.32. The van der Waals surface area contributed by atoms with Crippen LogP contribution in [0.5, 0.6) is 11.5 Å². The Morgan fingerprint density at radius 3 is 2.46 bits per heavy atom. The van der Waals surface area contributed by atoms with Gasteiger partial charge in [0.25, 0.3) is 5.56 Å². The van der Waals surface area contributed by atoms with E-state index in [9.17, 15) is 17.6 Å². The number of H-pyrrole nitrogens is 1. The molecule has 180 valence electrons. The van der Waals surface area contributed by atoms with Crippen molar-refractivity contribution in [2.75, 3.05) is 6.79 Å². The second kappa shape index (κ2) is 8.83. The molecule has 0 amide bonds. The first-order valence-electron chi connectivity index (χ1n) is 11.0. The highest BCUT2D eigenvalue weighted by Crippen LogP contribution is 2.33. The van der Waals surface area contributed by atoms with Gasteiger partial charge in [-0.2, -0.15) is 4.31 Å². The van der Waals surface area contributed by atoms with Gasteiger partial charge in [0, 0.05) is 18.7 Å². The lowest BCUT2D eigenvalue weighted by atomic mass is 10.0. The third-order valence-corrected chi connectivity index (χ3v) is 8.03. The number of rotatable bonds is 6. The number of benzene rings is 3. The number of sulfonamides is 1. The molecule has 0 atom stereocenters. The molecule has 3 aromatic carbocycles. The van der Waals surface area contributed by atoms with E-state index in [2.05, 4.69) is 4.98 Å². The molecule has 4 aromatic rings. The molecule has 35 heavy (non-hydrogen) atoms. The molecule has 0 bridgehead atoms. The zero-order valence-electron chi connectivity index (χ0n) is 19.2. The van der Waals surface area contributed by atoms with Crippen LogP contribution in [0.1, 0.15) is 22.3 Å². The van der Waals surface area contributed by atoms with E-state index in [0.717, 1.165) is 34.2 Å². The van der Waals surface area contributed by atoms with E-state index in [1.54, 1.807) is 24.3 Å². The third kappa shape index (κ3) is 4.40. The van der Waals surface area contributed by atoms with Crippen molar-refractivity contribution in [2.24, 2.45) is 0 Å². The highest BCUT2D eigenvalue weighted by molar-refractivity contribution is 7.89. The Morgan fingerprint density at radius 1 is 0.943 bits per heavy atom. The van der Waals surface area contributed by atoms with Crippen molar-refractivity contribution >= 4 is 20.9 Å². The van der Waals surface area contributed by atoms with Crippen LogP contribution in [0.25, 0.3) is 10.9 Å². The first-order chi connectivity index (χ1) is 16.7. The number of ether oxygens (including phenoxy) is 2. The topological polar surface area (TPSA) is 88.7 Å². The molecular formula is C26H23FN2O5S. The highest BCUT2D eigenvalue weighted by Gasteiger charge is 2.27. The smallest absolute Gasteiger partial charge is 0.252 e. The summed E-state index contributed by atoms with van der Waals surface area (Å²) in [5.74, 6) is 0.567. The van der Waals surface area contributed by atoms with Gasteiger partial charge in [-0.05, 0) is 78.4 Å². The second-order valence-corrected chi connectivity index (χ2v) is 10.4. The Hall–Kier alpha value is -3.69. The van der Waals surface area contributed by atoms with E-state index >= 15 is 0 Å². The summed E-state index contributed by atoms with van der Waals surface area (Å²) < 4.78 is 52.6. The van der Waals surface area contributed by atoms with Crippen LogP contribution in [0.4, 0.5) is 4.39 Å². The van der Waals surface area contributed by atoms with Crippen LogP contribution >= 0.6 is 0 Å². The first kappa shape index (κ1) is 23.1. The lowest BCUT2D eigenvalue weighted by Crippen LogP contribution is -2.32. The number of hydrogen-bond acceptors (Lipinski definition) is 5. The van der Waals surface area contributed by atoms with Crippen molar-refractivity contribution in [1.82, 2.24) is 9.29 Å². The van der Waals surface area contributed by atoms with Crippen LogP contribution in [0.2, 0.25) is 0 Å². The largest absolute Gasteiger partial charge is 0.454 e. The minimum atomic E-state index is -4.07. The average Bonchev–Trinajstić information content (AvgIpc) is 3.30. The molecule has 0 aliphatic carbocycles. The van der Waals surface area contributed by atoms with Gasteiger partial charge in [-0.15, -0.1) is 0 Å². The lowest BCUT2D eigenvalue weighted by Gasteiger charge is -2.23. The molecule has 0 saturated heterocycles. The fraction of sp³-hybridized carbons (Fsp3) is 0.192. The predicted molar refractivity (Wildman–Crippen MR) is 129 cm³/mol. The monoisotopic (exact) mass is 494 g/mol.